The van der Waals surface area contributed by atoms with Crippen LogP contribution in [-0.4, -0.2) is 67.2 Å². The van der Waals surface area contributed by atoms with Gasteiger partial charge >= 0.3 is 6.09 Å². The smallest absolute Gasteiger partial charge is 0.408 e. The first-order valence-electron chi connectivity index (χ1n) is 10.3. The number of hydrogen-bond donors (Lipinski definition) is 1. The molecule has 0 radical (unpaired) electrons. The van der Waals surface area contributed by atoms with Gasteiger partial charge in [0.2, 0.25) is 5.91 Å². The molecule has 1 aliphatic rings. The van der Waals surface area contributed by atoms with Crippen molar-refractivity contribution in [1.29, 1.82) is 0 Å². The normalized spacial score (nSPS) is 15.3. The van der Waals surface area contributed by atoms with Crippen LogP contribution in [-0.2, 0) is 16.1 Å². The molecule has 1 saturated heterocycles. The lowest BCUT2D eigenvalue weighted by molar-refractivity contribution is -0.134. The van der Waals surface area contributed by atoms with E-state index in [0.717, 1.165) is 30.9 Å². The lowest BCUT2D eigenvalue weighted by Crippen LogP contribution is -2.54. The Kier molecular flexibility index (Phi) is 8.09. The molecule has 7 heteroatoms. The molecule has 7 nitrogen and oxygen atoms in total. The lowest BCUT2D eigenvalue weighted by Gasteiger charge is -2.35. The van der Waals surface area contributed by atoms with Crippen molar-refractivity contribution in [2.75, 3.05) is 39.3 Å². The maximum atomic E-state index is 12.6. The molecule has 30 heavy (non-hydrogen) atoms. The SMILES string of the molecule is C[C@H](NC(=O)OCc1ccccc1)C(=O)N1CCN(CCOc2ccccc2)CC1. The van der Waals surface area contributed by atoms with E-state index in [0.29, 0.717) is 19.7 Å². The fourth-order valence-electron chi connectivity index (χ4n) is 3.28. The number of nitrogens with zero attached hydrogens (tertiary/aromatic N) is 2. The van der Waals surface area contributed by atoms with E-state index in [1.807, 2.05) is 60.7 Å². The molecule has 1 aliphatic heterocycles. The van der Waals surface area contributed by atoms with Gasteiger partial charge in [-0.1, -0.05) is 48.5 Å². The number of carbonyl (C=O) groups excluding carboxylic acids is 2. The predicted molar refractivity (Wildman–Crippen MR) is 114 cm³/mol. The van der Waals surface area contributed by atoms with Gasteiger partial charge in [0.05, 0.1) is 0 Å². The van der Waals surface area contributed by atoms with Crippen LogP contribution in [0.3, 0.4) is 0 Å². The van der Waals surface area contributed by atoms with Crippen molar-refractivity contribution in [3.05, 3.63) is 66.2 Å². The molecule has 2 aromatic carbocycles. The Morgan fingerprint density at radius 1 is 0.967 bits per heavy atom. The zero-order valence-corrected chi connectivity index (χ0v) is 17.3. The zero-order valence-electron chi connectivity index (χ0n) is 17.3. The van der Waals surface area contributed by atoms with Crippen LogP contribution >= 0.6 is 0 Å². The monoisotopic (exact) mass is 411 g/mol. The first kappa shape index (κ1) is 21.6. The molecule has 1 N–H and O–H groups in total. The quantitative estimate of drug-likeness (QED) is 0.723. The maximum absolute atomic E-state index is 12.6. The van der Waals surface area contributed by atoms with E-state index in [2.05, 4.69) is 10.2 Å². The summed E-state index contributed by atoms with van der Waals surface area (Å²) in [6.45, 7) is 6.14. The minimum absolute atomic E-state index is 0.0909. The number of piperazine rings is 1. The third kappa shape index (κ3) is 6.77. The van der Waals surface area contributed by atoms with E-state index >= 15 is 0 Å². The van der Waals surface area contributed by atoms with Gasteiger partial charge in [0.1, 0.15) is 25.0 Å². The van der Waals surface area contributed by atoms with Crippen LogP contribution in [0, 0.1) is 0 Å². The molecule has 3 rings (SSSR count). The van der Waals surface area contributed by atoms with Gasteiger partial charge in [0.25, 0.3) is 0 Å². The highest BCUT2D eigenvalue weighted by Crippen LogP contribution is 2.09. The van der Waals surface area contributed by atoms with Gasteiger partial charge in [-0.05, 0) is 24.6 Å². The molecule has 2 amide bonds. The lowest BCUT2D eigenvalue weighted by atomic mass is 10.2. The summed E-state index contributed by atoms with van der Waals surface area (Å²) < 4.78 is 10.9. The van der Waals surface area contributed by atoms with E-state index in [-0.39, 0.29) is 12.5 Å². The van der Waals surface area contributed by atoms with Gasteiger partial charge in [-0.3, -0.25) is 9.69 Å². The number of alkyl carbamates (subject to hydrolysis) is 1. The average molecular weight is 412 g/mol. The number of benzene rings is 2. The summed E-state index contributed by atoms with van der Waals surface area (Å²) in [6, 6.07) is 18.6. The highest BCUT2D eigenvalue weighted by atomic mass is 16.5. The molecule has 0 aromatic heterocycles. The molecule has 0 saturated carbocycles. The number of hydrogen-bond acceptors (Lipinski definition) is 5. The van der Waals surface area contributed by atoms with Crippen molar-refractivity contribution in [3.63, 3.8) is 0 Å². The number of rotatable bonds is 8. The van der Waals surface area contributed by atoms with Gasteiger partial charge in [0, 0.05) is 32.7 Å². The minimum atomic E-state index is -0.624. The number of para-hydroxylation sites is 1. The molecule has 1 atom stereocenters. The second-order valence-corrected chi connectivity index (χ2v) is 7.26. The second-order valence-electron chi connectivity index (χ2n) is 7.26. The Labute approximate surface area is 177 Å². The summed E-state index contributed by atoms with van der Waals surface area (Å²) in [5.74, 6) is 0.775. The van der Waals surface area contributed by atoms with Gasteiger partial charge in [-0.25, -0.2) is 4.79 Å². The van der Waals surface area contributed by atoms with Crippen molar-refractivity contribution >= 4 is 12.0 Å². The fraction of sp³-hybridized carbons (Fsp3) is 0.391. The highest BCUT2D eigenvalue weighted by Gasteiger charge is 2.26. The zero-order chi connectivity index (χ0) is 21.2. The van der Waals surface area contributed by atoms with Gasteiger partial charge in [-0.2, -0.15) is 0 Å². The first-order valence-corrected chi connectivity index (χ1v) is 10.3. The van der Waals surface area contributed by atoms with Gasteiger partial charge < -0.3 is 19.7 Å². The molecule has 0 bridgehead atoms. The van der Waals surface area contributed by atoms with E-state index in [4.69, 9.17) is 9.47 Å². The van der Waals surface area contributed by atoms with Crippen molar-refractivity contribution < 1.29 is 19.1 Å². The van der Waals surface area contributed by atoms with Crippen LogP contribution in [0.1, 0.15) is 12.5 Å². The molecule has 0 spiro atoms. The summed E-state index contributed by atoms with van der Waals surface area (Å²) in [5.41, 5.74) is 0.902. The van der Waals surface area contributed by atoms with Crippen molar-refractivity contribution in [1.82, 2.24) is 15.1 Å². The molecule has 160 valence electrons. The van der Waals surface area contributed by atoms with Crippen molar-refractivity contribution in [3.8, 4) is 5.75 Å². The third-order valence-corrected chi connectivity index (χ3v) is 5.02. The fourth-order valence-corrected chi connectivity index (χ4v) is 3.28. The molecular formula is C23H29N3O4. The standard InChI is InChI=1S/C23H29N3O4/c1-19(24-23(28)30-18-20-8-4-2-5-9-20)22(27)26-14-12-25(13-15-26)16-17-29-21-10-6-3-7-11-21/h2-11,19H,12-18H2,1H3,(H,24,28)/t19-/m0/s1. The minimum Gasteiger partial charge on any atom is -0.492 e. The summed E-state index contributed by atoms with van der Waals surface area (Å²) in [7, 11) is 0. The summed E-state index contributed by atoms with van der Waals surface area (Å²) in [5, 5.41) is 2.62. The molecule has 0 aliphatic carbocycles. The van der Waals surface area contributed by atoms with Crippen molar-refractivity contribution in [2.45, 2.75) is 19.6 Å². The molecule has 1 fully saturated rings. The second kappa shape index (κ2) is 11.2. The average Bonchev–Trinajstić information content (AvgIpc) is 2.79. The van der Waals surface area contributed by atoms with E-state index in [9.17, 15) is 9.59 Å². The largest absolute Gasteiger partial charge is 0.492 e. The highest BCUT2D eigenvalue weighted by molar-refractivity contribution is 5.85. The topological polar surface area (TPSA) is 71.1 Å². The maximum Gasteiger partial charge on any atom is 0.408 e. The van der Waals surface area contributed by atoms with E-state index < -0.39 is 12.1 Å². The van der Waals surface area contributed by atoms with Crippen LogP contribution in [0.25, 0.3) is 0 Å². The number of nitrogens with one attached hydrogen (secondary N) is 1. The molecule has 1 heterocycles. The van der Waals surface area contributed by atoms with Crippen LogP contribution in [0.5, 0.6) is 5.75 Å². The third-order valence-electron chi connectivity index (χ3n) is 5.02. The number of ether oxygens (including phenoxy) is 2. The van der Waals surface area contributed by atoms with Crippen LogP contribution in [0.2, 0.25) is 0 Å². The Morgan fingerprint density at radius 2 is 1.60 bits per heavy atom. The Bertz CT molecular complexity index is 793. The molecule has 2 aromatic rings. The summed E-state index contributed by atoms with van der Waals surface area (Å²) in [4.78, 5) is 28.7. The Morgan fingerprint density at radius 3 is 2.27 bits per heavy atom. The number of carbonyl (C=O) groups is 2. The number of amides is 2. The van der Waals surface area contributed by atoms with Gasteiger partial charge in [-0.15, -0.1) is 0 Å². The van der Waals surface area contributed by atoms with Crippen LogP contribution in [0.15, 0.2) is 60.7 Å². The Balaban J connectivity index is 1.33. The van der Waals surface area contributed by atoms with Crippen molar-refractivity contribution in [2.24, 2.45) is 0 Å². The first-order chi connectivity index (χ1) is 14.6. The van der Waals surface area contributed by atoms with Gasteiger partial charge in [0.15, 0.2) is 0 Å². The Hall–Kier alpha value is -3.06. The van der Waals surface area contributed by atoms with E-state index in [1.165, 1.54) is 0 Å². The molecular weight excluding hydrogens is 382 g/mol. The van der Waals surface area contributed by atoms with Crippen LogP contribution in [0.4, 0.5) is 4.79 Å². The predicted octanol–water partition coefficient (Wildman–Crippen LogP) is 2.52. The molecule has 0 unspecified atom stereocenters. The van der Waals surface area contributed by atoms with Crippen LogP contribution < -0.4 is 10.1 Å². The summed E-state index contributed by atoms with van der Waals surface area (Å²) in [6.07, 6.45) is -0.587. The summed E-state index contributed by atoms with van der Waals surface area (Å²) >= 11 is 0. The van der Waals surface area contributed by atoms with E-state index in [1.54, 1.807) is 11.8 Å².